The van der Waals surface area contributed by atoms with Crippen LogP contribution in [0.1, 0.15) is 13.8 Å². The molecule has 0 N–H and O–H groups in total. The van der Waals surface area contributed by atoms with Crippen molar-refractivity contribution in [2.75, 3.05) is 26.8 Å². The molecule has 102 valence electrons. The van der Waals surface area contributed by atoms with E-state index in [0.717, 1.165) is 18.6 Å². The van der Waals surface area contributed by atoms with Gasteiger partial charge in [0.25, 0.3) is 0 Å². The van der Waals surface area contributed by atoms with Gasteiger partial charge in [-0.05, 0) is 71.2 Å². The predicted octanol–water partition coefficient (Wildman–Crippen LogP) is 3.64. The molecule has 0 heterocycles. The van der Waals surface area contributed by atoms with E-state index in [2.05, 4.69) is 45.2 Å². The molecule has 0 aliphatic carbocycles. The maximum atomic E-state index is 5.52. The molecule has 0 aliphatic rings. The van der Waals surface area contributed by atoms with Crippen LogP contribution in [0.4, 0.5) is 0 Å². The van der Waals surface area contributed by atoms with Crippen LogP contribution in [0, 0.1) is 7.14 Å². The molecule has 0 aliphatic heterocycles. The third kappa shape index (κ3) is 5.45. The van der Waals surface area contributed by atoms with Gasteiger partial charge in [-0.15, -0.1) is 0 Å². The molecule has 0 atom stereocenters. The standard InChI is InChI=1S/C12H16I2O4/c1-3-15-7-17-11-5-10(14)12(6-9(11)13)18-8-16-4-2/h5-6H,3-4,7-8H2,1-2H3. The Kier molecular flexibility index (Phi) is 8.27. The van der Waals surface area contributed by atoms with Crippen LogP contribution in [0.15, 0.2) is 12.1 Å². The summed E-state index contributed by atoms with van der Waals surface area (Å²) < 4.78 is 23.3. The molecular weight excluding hydrogens is 462 g/mol. The molecule has 0 saturated heterocycles. The zero-order valence-electron chi connectivity index (χ0n) is 10.4. The molecule has 0 spiro atoms. The Balaban J connectivity index is 2.64. The van der Waals surface area contributed by atoms with Crippen molar-refractivity contribution in [3.63, 3.8) is 0 Å². The lowest BCUT2D eigenvalue weighted by Crippen LogP contribution is -2.06. The summed E-state index contributed by atoms with van der Waals surface area (Å²) in [4.78, 5) is 0. The normalized spacial score (nSPS) is 10.4. The van der Waals surface area contributed by atoms with E-state index in [1.54, 1.807) is 0 Å². The van der Waals surface area contributed by atoms with Gasteiger partial charge >= 0.3 is 0 Å². The van der Waals surface area contributed by atoms with Gasteiger partial charge in [-0.2, -0.15) is 0 Å². The number of rotatable bonds is 8. The third-order valence-corrected chi connectivity index (χ3v) is 3.68. The molecule has 0 radical (unpaired) electrons. The van der Waals surface area contributed by atoms with Crippen LogP contribution in [0.5, 0.6) is 11.5 Å². The molecule has 0 bridgehead atoms. The number of halogens is 2. The second-order valence-corrected chi connectivity index (χ2v) is 5.55. The Hall–Kier alpha value is 0.200. The highest BCUT2D eigenvalue weighted by Gasteiger charge is 2.09. The molecule has 1 aromatic rings. The molecule has 0 amide bonds. The lowest BCUT2D eigenvalue weighted by Gasteiger charge is -2.12. The van der Waals surface area contributed by atoms with Gasteiger partial charge in [0.1, 0.15) is 11.5 Å². The highest BCUT2D eigenvalue weighted by Crippen LogP contribution is 2.31. The van der Waals surface area contributed by atoms with Gasteiger partial charge in [-0.25, -0.2) is 0 Å². The fourth-order valence-electron chi connectivity index (χ4n) is 1.11. The average Bonchev–Trinajstić information content (AvgIpc) is 2.35. The Labute approximate surface area is 135 Å². The summed E-state index contributed by atoms with van der Waals surface area (Å²) in [5, 5.41) is 0. The molecule has 0 fully saturated rings. The Bertz CT molecular complexity index is 336. The molecule has 4 nitrogen and oxygen atoms in total. The van der Waals surface area contributed by atoms with Gasteiger partial charge in [0, 0.05) is 13.2 Å². The first kappa shape index (κ1) is 16.3. The van der Waals surface area contributed by atoms with Crippen LogP contribution >= 0.6 is 45.2 Å². The number of hydrogen-bond donors (Lipinski definition) is 0. The molecule has 6 heteroatoms. The summed E-state index contributed by atoms with van der Waals surface area (Å²) in [6, 6.07) is 3.87. The molecule has 0 unspecified atom stereocenters. The molecule has 1 aromatic carbocycles. The van der Waals surface area contributed by atoms with Crippen molar-refractivity contribution in [3.8, 4) is 11.5 Å². The fraction of sp³-hybridized carbons (Fsp3) is 0.500. The van der Waals surface area contributed by atoms with E-state index in [1.165, 1.54) is 0 Å². The van der Waals surface area contributed by atoms with Crippen molar-refractivity contribution in [3.05, 3.63) is 19.3 Å². The van der Waals surface area contributed by atoms with E-state index < -0.39 is 0 Å². The first-order valence-electron chi connectivity index (χ1n) is 5.59. The molecule has 18 heavy (non-hydrogen) atoms. The minimum atomic E-state index is 0.266. The zero-order chi connectivity index (χ0) is 13.4. The van der Waals surface area contributed by atoms with Crippen molar-refractivity contribution in [2.45, 2.75) is 13.8 Å². The molecule has 0 saturated carbocycles. The Morgan fingerprint density at radius 2 is 1.22 bits per heavy atom. The summed E-state index contributed by atoms with van der Waals surface area (Å²) in [5.74, 6) is 1.61. The maximum Gasteiger partial charge on any atom is 0.189 e. The summed E-state index contributed by atoms with van der Waals surface area (Å²) in [5.41, 5.74) is 0. The van der Waals surface area contributed by atoms with Crippen LogP contribution < -0.4 is 9.47 Å². The topological polar surface area (TPSA) is 36.9 Å². The zero-order valence-corrected chi connectivity index (χ0v) is 14.7. The number of ether oxygens (including phenoxy) is 4. The van der Waals surface area contributed by atoms with E-state index in [1.807, 2.05) is 26.0 Å². The van der Waals surface area contributed by atoms with E-state index in [4.69, 9.17) is 18.9 Å². The van der Waals surface area contributed by atoms with Gasteiger partial charge in [-0.3, -0.25) is 0 Å². The van der Waals surface area contributed by atoms with Crippen molar-refractivity contribution in [2.24, 2.45) is 0 Å². The fourth-order valence-corrected chi connectivity index (χ4v) is 2.30. The van der Waals surface area contributed by atoms with Crippen LogP contribution in [-0.2, 0) is 9.47 Å². The van der Waals surface area contributed by atoms with E-state index >= 15 is 0 Å². The SMILES string of the molecule is CCOCOc1cc(I)c(OCOCC)cc1I. The highest BCUT2D eigenvalue weighted by molar-refractivity contribution is 14.1. The monoisotopic (exact) mass is 478 g/mol. The van der Waals surface area contributed by atoms with Crippen molar-refractivity contribution < 1.29 is 18.9 Å². The number of benzene rings is 1. The van der Waals surface area contributed by atoms with Gasteiger partial charge in [0.15, 0.2) is 13.6 Å². The first-order chi connectivity index (χ1) is 8.69. The predicted molar refractivity (Wildman–Crippen MR) is 86.1 cm³/mol. The maximum absolute atomic E-state index is 5.52. The lowest BCUT2D eigenvalue weighted by atomic mass is 10.3. The second-order valence-electron chi connectivity index (χ2n) is 3.22. The quantitative estimate of drug-likeness (QED) is 0.325. The largest absolute Gasteiger partial charge is 0.466 e. The number of hydrogen-bond acceptors (Lipinski definition) is 4. The van der Waals surface area contributed by atoms with E-state index in [0.29, 0.717) is 13.2 Å². The Morgan fingerprint density at radius 1 is 0.833 bits per heavy atom. The van der Waals surface area contributed by atoms with Gasteiger partial charge in [0.05, 0.1) is 7.14 Å². The van der Waals surface area contributed by atoms with Crippen molar-refractivity contribution in [1.82, 2.24) is 0 Å². The summed E-state index contributed by atoms with van der Waals surface area (Å²) in [6.45, 7) is 5.68. The van der Waals surface area contributed by atoms with Gasteiger partial charge in [-0.1, -0.05) is 0 Å². The smallest absolute Gasteiger partial charge is 0.189 e. The first-order valence-corrected chi connectivity index (χ1v) is 7.74. The Morgan fingerprint density at radius 3 is 1.56 bits per heavy atom. The molecular formula is C12H16I2O4. The van der Waals surface area contributed by atoms with Crippen LogP contribution in [-0.4, -0.2) is 26.8 Å². The molecule has 0 aromatic heterocycles. The van der Waals surface area contributed by atoms with E-state index in [-0.39, 0.29) is 13.6 Å². The van der Waals surface area contributed by atoms with Crippen LogP contribution in [0.25, 0.3) is 0 Å². The second kappa shape index (κ2) is 9.16. The van der Waals surface area contributed by atoms with Crippen molar-refractivity contribution >= 4 is 45.2 Å². The summed E-state index contributed by atoms with van der Waals surface area (Å²) in [6.07, 6.45) is 0. The minimum Gasteiger partial charge on any atom is -0.466 e. The summed E-state index contributed by atoms with van der Waals surface area (Å²) in [7, 11) is 0. The van der Waals surface area contributed by atoms with Gasteiger partial charge in [0.2, 0.25) is 0 Å². The average molecular weight is 478 g/mol. The van der Waals surface area contributed by atoms with Crippen LogP contribution in [0.2, 0.25) is 0 Å². The van der Waals surface area contributed by atoms with Gasteiger partial charge < -0.3 is 18.9 Å². The van der Waals surface area contributed by atoms with Crippen molar-refractivity contribution in [1.29, 1.82) is 0 Å². The summed E-state index contributed by atoms with van der Waals surface area (Å²) >= 11 is 4.42. The third-order valence-electron chi connectivity index (χ3n) is 1.99. The van der Waals surface area contributed by atoms with Crippen LogP contribution in [0.3, 0.4) is 0 Å². The highest BCUT2D eigenvalue weighted by atomic mass is 127. The van der Waals surface area contributed by atoms with E-state index in [9.17, 15) is 0 Å². The molecule has 1 rings (SSSR count). The lowest BCUT2D eigenvalue weighted by molar-refractivity contribution is 0.0191. The minimum absolute atomic E-state index is 0.266.